The molecule has 0 aliphatic heterocycles. The Kier molecular flexibility index (Phi) is 7.55. The van der Waals surface area contributed by atoms with Gasteiger partial charge < -0.3 is 14.8 Å². The van der Waals surface area contributed by atoms with Gasteiger partial charge in [-0.3, -0.25) is 9.00 Å². The average molecular weight is 389 g/mol. The van der Waals surface area contributed by atoms with Crippen LogP contribution in [0.4, 0.5) is 0 Å². The zero-order valence-electron chi connectivity index (χ0n) is 15.6. The van der Waals surface area contributed by atoms with Crippen molar-refractivity contribution in [2.24, 2.45) is 0 Å². The first-order valence-electron chi connectivity index (χ1n) is 8.55. The predicted octanol–water partition coefficient (Wildman–Crippen LogP) is 2.68. The fourth-order valence-electron chi connectivity index (χ4n) is 2.34. The van der Waals surface area contributed by atoms with Crippen LogP contribution in [0.3, 0.4) is 0 Å². The molecule has 6 nitrogen and oxygen atoms in total. The number of hydrogen-bond donors (Lipinski definition) is 1. The fraction of sp³-hybridized carbons (Fsp3) is 0.300. The Balaban J connectivity index is 1.95. The highest BCUT2D eigenvalue weighted by atomic mass is 32.2. The molecule has 0 unspecified atom stereocenters. The van der Waals surface area contributed by atoms with Crippen LogP contribution in [-0.4, -0.2) is 35.1 Å². The van der Waals surface area contributed by atoms with Gasteiger partial charge in [-0.2, -0.15) is 0 Å². The first kappa shape index (κ1) is 20.6. The van der Waals surface area contributed by atoms with Crippen LogP contribution in [0.15, 0.2) is 53.4 Å². The van der Waals surface area contributed by atoms with Gasteiger partial charge in [-0.25, -0.2) is 4.79 Å². The first-order chi connectivity index (χ1) is 13.0. The highest BCUT2D eigenvalue weighted by Gasteiger charge is 2.22. The van der Waals surface area contributed by atoms with Gasteiger partial charge >= 0.3 is 5.97 Å². The molecule has 1 N–H and O–H groups in total. The summed E-state index contributed by atoms with van der Waals surface area (Å²) in [6, 6.07) is 13.8. The summed E-state index contributed by atoms with van der Waals surface area (Å²) < 4.78 is 22.4. The molecule has 0 aliphatic rings. The van der Waals surface area contributed by atoms with Crippen molar-refractivity contribution in [2.45, 2.75) is 31.4 Å². The van der Waals surface area contributed by atoms with Crippen LogP contribution in [0, 0.1) is 0 Å². The van der Waals surface area contributed by atoms with Crippen LogP contribution in [0.1, 0.15) is 29.8 Å². The summed E-state index contributed by atoms with van der Waals surface area (Å²) in [6.45, 7) is 3.58. The van der Waals surface area contributed by atoms with E-state index in [1.165, 1.54) is 6.92 Å². The highest BCUT2D eigenvalue weighted by molar-refractivity contribution is 7.85. The SMILES string of the molecule is CC[S@@](=O)c1ccccc1C(=O)O[C@H](C)C(=O)NCc1ccc(OC)cc1. The molecule has 2 aromatic rings. The zero-order valence-corrected chi connectivity index (χ0v) is 16.4. The molecule has 144 valence electrons. The number of rotatable bonds is 8. The summed E-state index contributed by atoms with van der Waals surface area (Å²) in [6.07, 6.45) is -0.973. The Morgan fingerprint density at radius 2 is 1.78 bits per heavy atom. The van der Waals surface area contributed by atoms with Crippen LogP contribution in [-0.2, 0) is 26.9 Å². The van der Waals surface area contributed by atoms with Crippen LogP contribution < -0.4 is 10.1 Å². The number of amides is 1. The van der Waals surface area contributed by atoms with Crippen molar-refractivity contribution in [2.75, 3.05) is 12.9 Å². The van der Waals surface area contributed by atoms with Crippen LogP contribution >= 0.6 is 0 Å². The number of ether oxygens (including phenoxy) is 2. The second-order valence-electron chi connectivity index (χ2n) is 5.74. The average Bonchev–Trinajstić information content (AvgIpc) is 2.71. The van der Waals surface area contributed by atoms with Crippen molar-refractivity contribution in [3.63, 3.8) is 0 Å². The maximum atomic E-state index is 12.4. The van der Waals surface area contributed by atoms with Crippen molar-refractivity contribution in [3.8, 4) is 5.75 Å². The van der Waals surface area contributed by atoms with Gasteiger partial charge in [0.25, 0.3) is 5.91 Å². The van der Waals surface area contributed by atoms with E-state index >= 15 is 0 Å². The molecule has 0 radical (unpaired) electrons. The normalized spacial score (nSPS) is 12.7. The number of methoxy groups -OCH3 is 1. The van der Waals surface area contributed by atoms with Gasteiger partial charge in [-0.1, -0.05) is 31.2 Å². The minimum absolute atomic E-state index is 0.215. The van der Waals surface area contributed by atoms with E-state index in [0.717, 1.165) is 11.3 Å². The van der Waals surface area contributed by atoms with E-state index in [2.05, 4.69) is 5.32 Å². The second kappa shape index (κ2) is 9.87. The molecule has 0 aliphatic carbocycles. The van der Waals surface area contributed by atoms with E-state index in [1.807, 2.05) is 12.1 Å². The van der Waals surface area contributed by atoms with E-state index in [1.54, 1.807) is 50.4 Å². The third-order valence-electron chi connectivity index (χ3n) is 3.89. The largest absolute Gasteiger partial charge is 0.497 e. The van der Waals surface area contributed by atoms with E-state index in [9.17, 15) is 13.8 Å². The van der Waals surface area contributed by atoms with Crippen molar-refractivity contribution >= 4 is 22.7 Å². The molecule has 2 aromatic carbocycles. The molecular formula is C20H23NO5S. The molecule has 27 heavy (non-hydrogen) atoms. The summed E-state index contributed by atoms with van der Waals surface area (Å²) in [4.78, 5) is 25.0. The van der Waals surface area contributed by atoms with Crippen molar-refractivity contribution in [1.82, 2.24) is 5.32 Å². The van der Waals surface area contributed by atoms with Crippen LogP contribution in [0.25, 0.3) is 0 Å². The summed E-state index contributed by atoms with van der Waals surface area (Å²) in [5, 5.41) is 2.72. The lowest BCUT2D eigenvalue weighted by molar-refractivity contribution is -0.129. The zero-order chi connectivity index (χ0) is 19.8. The van der Waals surface area contributed by atoms with Gasteiger partial charge in [-0.05, 0) is 36.8 Å². The van der Waals surface area contributed by atoms with Crippen molar-refractivity contribution in [3.05, 3.63) is 59.7 Å². The molecule has 0 bridgehead atoms. The molecule has 0 saturated carbocycles. The Morgan fingerprint density at radius 3 is 2.41 bits per heavy atom. The molecule has 0 saturated heterocycles. The van der Waals surface area contributed by atoms with Gasteiger partial charge in [-0.15, -0.1) is 0 Å². The Bertz CT molecular complexity index is 819. The predicted molar refractivity (Wildman–Crippen MR) is 103 cm³/mol. The number of carbonyl (C=O) groups is 2. The summed E-state index contributed by atoms with van der Waals surface area (Å²) in [7, 11) is 0.294. The minimum atomic E-state index is -1.29. The van der Waals surface area contributed by atoms with Gasteiger partial charge in [0.1, 0.15) is 5.75 Å². The third kappa shape index (κ3) is 5.65. The first-order valence-corrected chi connectivity index (χ1v) is 9.87. The van der Waals surface area contributed by atoms with Gasteiger partial charge in [0.15, 0.2) is 6.10 Å². The Labute approximate surface area is 161 Å². The van der Waals surface area contributed by atoms with Gasteiger partial charge in [0, 0.05) is 12.3 Å². The van der Waals surface area contributed by atoms with Crippen LogP contribution in [0.5, 0.6) is 5.75 Å². The molecule has 0 heterocycles. The van der Waals surface area contributed by atoms with Crippen LogP contribution in [0.2, 0.25) is 0 Å². The second-order valence-corrected chi connectivity index (χ2v) is 7.45. The minimum Gasteiger partial charge on any atom is -0.497 e. The lowest BCUT2D eigenvalue weighted by Gasteiger charge is -2.15. The number of esters is 1. The number of benzene rings is 2. The van der Waals surface area contributed by atoms with Crippen molar-refractivity contribution < 1.29 is 23.3 Å². The molecule has 0 aromatic heterocycles. The smallest absolute Gasteiger partial charge is 0.340 e. The molecule has 2 atom stereocenters. The molecule has 2 rings (SSSR count). The monoisotopic (exact) mass is 389 g/mol. The Morgan fingerprint density at radius 1 is 1.11 bits per heavy atom. The standard InChI is InChI=1S/C20H23NO5S/c1-4-27(24)18-8-6-5-7-17(18)20(23)26-14(2)19(22)21-13-15-9-11-16(25-3)12-10-15/h5-12,14H,4,13H2,1-3H3,(H,21,22)/t14-,27-/m1/s1. The maximum Gasteiger partial charge on any atom is 0.340 e. The molecular weight excluding hydrogens is 366 g/mol. The van der Waals surface area contributed by atoms with Gasteiger partial charge in [0.2, 0.25) is 0 Å². The van der Waals surface area contributed by atoms with E-state index < -0.39 is 28.8 Å². The lowest BCUT2D eigenvalue weighted by atomic mass is 10.2. The lowest BCUT2D eigenvalue weighted by Crippen LogP contribution is -2.35. The maximum absolute atomic E-state index is 12.4. The molecule has 1 amide bonds. The van der Waals surface area contributed by atoms with E-state index in [-0.39, 0.29) is 5.56 Å². The number of hydrogen-bond acceptors (Lipinski definition) is 5. The highest BCUT2D eigenvalue weighted by Crippen LogP contribution is 2.16. The van der Waals surface area contributed by atoms with E-state index in [0.29, 0.717) is 17.2 Å². The van der Waals surface area contributed by atoms with E-state index in [4.69, 9.17) is 9.47 Å². The third-order valence-corrected chi connectivity index (χ3v) is 5.26. The topological polar surface area (TPSA) is 81.7 Å². The summed E-state index contributed by atoms with van der Waals surface area (Å²) in [5.74, 6) is 0.0469. The number of nitrogens with one attached hydrogen (secondary N) is 1. The van der Waals surface area contributed by atoms with Gasteiger partial charge in [0.05, 0.1) is 28.4 Å². The molecule has 0 fully saturated rings. The van der Waals surface area contributed by atoms with Crippen molar-refractivity contribution in [1.29, 1.82) is 0 Å². The summed E-state index contributed by atoms with van der Waals surface area (Å²) in [5.41, 5.74) is 1.11. The molecule has 7 heteroatoms. The molecule has 0 spiro atoms. The summed E-state index contributed by atoms with van der Waals surface area (Å²) >= 11 is 0. The fourth-order valence-corrected chi connectivity index (χ4v) is 3.28. The Hall–Kier alpha value is -2.67. The quantitative estimate of drug-likeness (QED) is 0.702. The number of carbonyl (C=O) groups excluding carboxylic acids is 2.